The van der Waals surface area contributed by atoms with E-state index in [0.29, 0.717) is 13.1 Å². The molecule has 3 fully saturated rings. The molecule has 2 aliphatic heterocycles. The van der Waals surface area contributed by atoms with Gasteiger partial charge in [-0.2, -0.15) is 0 Å². The van der Waals surface area contributed by atoms with Crippen LogP contribution >= 0.6 is 0 Å². The van der Waals surface area contributed by atoms with Crippen molar-refractivity contribution < 1.29 is 18.0 Å². The lowest BCUT2D eigenvalue weighted by atomic mass is 10.1. The largest absolute Gasteiger partial charge is 0.353 e. The summed E-state index contributed by atoms with van der Waals surface area (Å²) in [6.45, 7) is 1.12. The Morgan fingerprint density at radius 1 is 1.13 bits per heavy atom. The molecule has 23 heavy (non-hydrogen) atoms. The highest BCUT2D eigenvalue weighted by atomic mass is 32.2. The number of carbonyl (C=O) groups excluding carboxylic acids is 2. The molecule has 2 atom stereocenters. The number of fused-ring (bicyclic) bond motifs is 1. The highest BCUT2D eigenvalue weighted by Crippen LogP contribution is 2.22. The molecule has 0 unspecified atom stereocenters. The summed E-state index contributed by atoms with van der Waals surface area (Å²) < 4.78 is 23.6. The van der Waals surface area contributed by atoms with Crippen LogP contribution in [0, 0.1) is 0 Å². The molecule has 0 aromatic heterocycles. The fourth-order valence-electron chi connectivity index (χ4n) is 3.91. The molecule has 2 heterocycles. The van der Waals surface area contributed by atoms with Gasteiger partial charge >= 0.3 is 0 Å². The van der Waals surface area contributed by atoms with E-state index in [0.717, 1.165) is 25.7 Å². The van der Waals surface area contributed by atoms with Crippen LogP contribution in [0.2, 0.25) is 0 Å². The average molecular weight is 343 g/mol. The molecule has 1 saturated carbocycles. The topological polar surface area (TPSA) is 95.6 Å². The quantitative estimate of drug-likeness (QED) is 0.712. The van der Waals surface area contributed by atoms with Crippen molar-refractivity contribution in [3.63, 3.8) is 0 Å². The number of piperazine rings is 1. The summed E-state index contributed by atoms with van der Waals surface area (Å²) in [5.41, 5.74) is 0. The summed E-state index contributed by atoms with van der Waals surface area (Å²) in [6.07, 6.45) is 4.70. The first kappa shape index (κ1) is 16.7. The molecule has 8 heteroatoms. The zero-order chi connectivity index (χ0) is 16.4. The number of sulfone groups is 1. The van der Waals surface area contributed by atoms with Crippen LogP contribution in [0.3, 0.4) is 0 Å². The number of carbonyl (C=O) groups is 2. The SMILES string of the molecule is O=C(CCC(=O)N1CCN[C@H]2CS(=O)(=O)C[C@H]21)NC1CCCC1. The van der Waals surface area contributed by atoms with E-state index in [1.54, 1.807) is 4.90 Å². The van der Waals surface area contributed by atoms with Crippen LogP contribution in [0.4, 0.5) is 0 Å². The molecule has 1 aliphatic carbocycles. The molecule has 2 saturated heterocycles. The first-order valence-corrected chi connectivity index (χ1v) is 10.3. The second-order valence-electron chi connectivity index (χ2n) is 6.84. The first-order chi connectivity index (χ1) is 10.9. The molecule has 3 aliphatic rings. The summed E-state index contributed by atoms with van der Waals surface area (Å²) in [7, 11) is -3.08. The third-order valence-electron chi connectivity index (χ3n) is 5.09. The lowest BCUT2D eigenvalue weighted by molar-refractivity contribution is -0.136. The fourth-order valence-corrected chi connectivity index (χ4v) is 5.87. The minimum absolute atomic E-state index is 0.0324. The molecule has 2 amide bonds. The molecule has 0 bridgehead atoms. The van der Waals surface area contributed by atoms with E-state index >= 15 is 0 Å². The second-order valence-corrected chi connectivity index (χ2v) is 8.99. The lowest BCUT2D eigenvalue weighted by Crippen LogP contribution is -2.59. The number of hydrogen-bond acceptors (Lipinski definition) is 5. The maximum Gasteiger partial charge on any atom is 0.223 e. The number of nitrogens with one attached hydrogen (secondary N) is 2. The predicted molar refractivity (Wildman–Crippen MR) is 85.6 cm³/mol. The summed E-state index contributed by atoms with van der Waals surface area (Å²) >= 11 is 0. The van der Waals surface area contributed by atoms with Gasteiger partial charge in [0.05, 0.1) is 17.5 Å². The molecule has 0 spiro atoms. The smallest absolute Gasteiger partial charge is 0.223 e. The van der Waals surface area contributed by atoms with Crippen LogP contribution in [0.5, 0.6) is 0 Å². The van der Waals surface area contributed by atoms with Crippen LogP contribution < -0.4 is 10.6 Å². The summed E-state index contributed by atoms with van der Waals surface area (Å²) in [5.74, 6) is -0.0509. The highest BCUT2D eigenvalue weighted by molar-refractivity contribution is 7.91. The summed E-state index contributed by atoms with van der Waals surface area (Å²) in [5, 5.41) is 6.16. The lowest BCUT2D eigenvalue weighted by Gasteiger charge is -2.37. The van der Waals surface area contributed by atoms with Crippen molar-refractivity contribution in [2.75, 3.05) is 24.6 Å². The zero-order valence-electron chi connectivity index (χ0n) is 13.3. The molecule has 0 radical (unpaired) electrons. The van der Waals surface area contributed by atoms with E-state index in [2.05, 4.69) is 10.6 Å². The Morgan fingerprint density at radius 2 is 1.87 bits per heavy atom. The highest BCUT2D eigenvalue weighted by Gasteiger charge is 2.44. The van der Waals surface area contributed by atoms with Gasteiger partial charge in [0, 0.05) is 38.0 Å². The van der Waals surface area contributed by atoms with Crippen molar-refractivity contribution in [3.05, 3.63) is 0 Å². The van der Waals surface area contributed by atoms with Gasteiger partial charge in [-0.1, -0.05) is 12.8 Å². The van der Waals surface area contributed by atoms with Crippen molar-refractivity contribution in [2.24, 2.45) is 0 Å². The number of rotatable bonds is 4. The number of amides is 2. The molecule has 7 nitrogen and oxygen atoms in total. The monoisotopic (exact) mass is 343 g/mol. The van der Waals surface area contributed by atoms with Gasteiger partial charge in [0.25, 0.3) is 0 Å². The van der Waals surface area contributed by atoms with Crippen LogP contribution in [0.25, 0.3) is 0 Å². The van der Waals surface area contributed by atoms with Crippen molar-refractivity contribution >= 4 is 21.7 Å². The normalized spacial score (nSPS) is 30.2. The van der Waals surface area contributed by atoms with Crippen LogP contribution in [0.15, 0.2) is 0 Å². The Morgan fingerprint density at radius 3 is 2.61 bits per heavy atom. The van der Waals surface area contributed by atoms with Gasteiger partial charge < -0.3 is 15.5 Å². The average Bonchev–Trinajstić information content (AvgIpc) is 3.09. The summed E-state index contributed by atoms with van der Waals surface area (Å²) in [6, 6.07) is -0.176. The maximum absolute atomic E-state index is 12.4. The third-order valence-corrected chi connectivity index (χ3v) is 6.81. The number of hydrogen-bond donors (Lipinski definition) is 2. The van der Waals surface area contributed by atoms with Gasteiger partial charge in [0.2, 0.25) is 11.8 Å². The van der Waals surface area contributed by atoms with E-state index in [-0.39, 0.29) is 54.3 Å². The minimum Gasteiger partial charge on any atom is -0.353 e. The summed E-state index contributed by atoms with van der Waals surface area (Å²) in [4.78, 5) is 26.0. The van der Waals surface area contributed by atoms with Crippen molar-refractivity contribution in [2.45, 2.75) is 56.7 Å². The Balaban J connectivity index is 1.50. The van der Waals surface area contributed by atoms with Gasteiger partial charge in [-0.05, 0) is 12.8 Å². The Labute approximate surface area is 137 Å². The van der Waals surface area contributed by atoms with Crippen LogP contribution in [-0.4, -0.2) is 67.9 Å². The van der Waals surface area contributed by atoms with Gasteiger partial charge in [0.15, 0.2) is 9.84 Å². The third kappa shape index (κ3) is 4.03. The molecular formula is C15H25N3O4S. The zero-order valence-corrected chi connectivity index (χ0v) is 14.1. The molecule has 3 rings (SSSR count). The Bertz CT molecular complexity index is 571. The van der Waals surface area contributed by atoms with Crippen molar-refractivity contribution in [3.8, 4) is 0 Å². The molecular weight excluding hydrogens is 318 g/mol. The van der Waals surface area contributed by atoms with Gasteiger partial charge in [-0.15, -0.1) is 0 Å². The van der Waals surface area contributed by atoms with E-state index in [4.69, 9.17) is 0 Å². The van der Waals surface area contributed by atoms with Gasteiger partial charge in [0.1, 0.15) is 0 Å². The van der Waals surface area contributed by atoms with Gasteiger partial charge in [-0.25, -0.2) is 8.42 Å². The Hall–Kier alpha value is -1.15. The second kappa shape index (κ2) is 6.76. The molecule has 130 valence electrons. The van der Waals surface area contributed by atoms with E-state index < -0.39 is 9.84 Å². The van der Waals surface area contributed by atoms with Crippen molar-refractivity contribution in [1.82, 2.24) is 15.5 Å². The predicted octanol–water partition coefficient (Wildman–Crippen LogP) is -0.577. The van der Waals surface area contributed by atoms with E-state index in [9.17, 15) is 18.0 Å². The fraction of sp³-hybridized carbons (Fsp3) is 0.867. The maximum atomic E-state index is 12.4. The standard InChI is InChI=1S/C15H25N3O4S/c19-14(17-11-3-1-2-4-11)5-6-15(20)18-8-7-16-12-9-23(21,22)10-13(12)18/h11-13,16H,1-10H2,(H,17,19)/t12-,13+/m0/s1. The number of nitrogens with zero attached hydrogens (tertiary/aromatic N) is 1. The Kier molecular flexibility index (Phi) is 4.91. The van der Waals surface area contributed by atoms with Crippen LogP contribution in [-0.2, 0) is 19.4 Å². The minimum atomic E-state index is -3.08. The van der Waals surface area contributed by atoms with Crippen molar-refractivity contribution in [1.29, 1.82) is 0 Å². The molecule has 0 aromatic carbocycles. The van der Waals surface area contributed by atoms with E-state index in [1.807, 2.05) is 0 Å². The van der Waals surface area contributed by atoms with Gasteiger partial charge in [-0.3, -0.25) is 9.59 Å². The molecule has 0 aromatic rings. The first-order valence-electron chi connectivity index (χ1n) is 8.47. The molecule has 2 N–H and O–H groups in total. The van der Waals surface area contributed by atoms with Crippen LogP contribution in [0.1, 0.15) is 38.5 Å². The van der Waals surface area contributed by atoms with E-state index in [1.165, 1.54) is 0 Å².